The molecule has 1 heterocycles. The Hall–Kier alpha value is -2.41. The van der Waals surface area contributed by atoms with Crippen LogP contribution in [0.25, 0.3) is 0 Å². The van der Waals surface area contributed by atoms with Gasteiger partial charge >= 0.3 is 0 Å². The fraction of sp³-hybridized carbons (Fsp3) is 0.471. The summed E-state index contributed by atoms with van der Waals surface area (Å²) >= 11 is 0. The van der Waals surface area contributed by atoms with Crippen LogP contribution in [0.2, 0.25) is 0 Å². The van der Waals surface area contributed by atoms with Crippen LogP contribution < -0.4 is 10.1 Å². The summed E-state index contributed by atoms with van der Waals surface area (Å²) in [7, 11) is 5.60. The first-order valence-corrected chi connectivity index (χ1v) is 7.86. The van der Waals surface area contributed by atoms with Crippen molar-refractivity contribution < 1.29 is 14.1 Å². The fourth-order valence-corrected chi connectivity index (χ4v) is 2.47. The molecule has 24 heavy (non-hydrogen) atoms. The molecule has 2 aromatic rings. The Morgan fingerprint density at radius 1 is 1.38 bits per heavy atom. The number of hydrogen-bond acceptors (Lipinski definition) is 6. The van der Waals surface area contributed by atoms with Gasteiger partial charge in [-0.25, -0.2) is 0 Å². The minimum Gasteiger partial charge on any atom is -0.496 e. The first kappa shape index (κ1) is 17.9. The molecule has 1 N–H and O–H groups in total. The van der Waals surface area contributed by atoms with E-state index in [4.69, 9.17) is 9.26 Å². The number of aryl methyl sites for hydroxylation is 2. The summed E-state index contributed by atoms with van der Waals surface area (Å²) in [6.07, 6.45) is 0.752. The van der Waals surface area contributed by atoms with Crippen molar-refractivity contribution in [1.29, 1.82) is 0 Å². The van der Waals surface area contributed by atoms with E-state index in [1.807, 2.05) is 38.4 Å². The first-order chi connectivity index (χ1) is 11.5. The topological polar surface area (TPSA) is 80.5 Å². The number of carbonyl (C=O) groups is 1. The van der Waals surface area contributed by atoms with E-state index in [0.29, 0.717) is 31.1 Å². The zero-order valence-corrected chi connectivity index (χ0v) is 14.6. The van der Waals surface area contributed by atoms with Crippen molar-refractivity contribution in [2.45, 2.75) is 25.8 Å². The number of likely N-dealkylation sites (N-methyl/N-ethyl adjacent to an activating group) is 1. The predicted octanol–water partition coefficient (Wildman–Crippen LogP) is 1.74. The zero-order chi connectivity index (χ0) is 17.5. The van der Waals surface area contributed by atoms with Gasteiger partial charge in [-0.2, -0.15) is 4.98 Å². The summed E-state index contributed by atoms with van der Waals surface area (Å²) in [6.45, 7) is 2.25. The molecule has 7 heteroatoms. The monoisotopic (exact) mass is 332 g/mol. The van der Waals surface area contributed by atoms with Crippen LogP contribution in [-0.4, -0.2) is 48.7 Å². The van der Waals surface area contributed by atoms with E-state index < -0.39 is 0 Å². The number of nitrogens with one attached hydrogen (secondary N) is 1. The van der Waals surface area contributed by atoms with Crippen molar-refractivity contribution in [2.24, 2.45) is 0 Å². The van der Waals surface area contributed by atoms with Crippen molar-refractivity contribution in [2.75, 3.05) is 27.7 Å². The third-order valence-corrected chi connectivity index (χ3v) is 3.75. The summed E-state index contributed by atoms with van der Waals surface area (Å²) in [4.78, 5) is 18.2. The largest absolute Gasteiger partial charge is 0.496 e. The van der Waals surface area contributed by atoms with E-state index >= 15 is 0 Å². The van der Waals surface area contributed by atoms with Crippen LogP contribution in [0.5, 0.6) is 5.75 Å². The van der Waals surface area contributed by atoms with Gasteiger partial charge in [0.15, 0.2) is 5.82 Å². The molecule has 1 aromatic heterocycles. The van der Waals surface area contributed by atoms with Crippen molar-refractivity contribution in [3.63, 3.8) is 0 Å². The molecule has 0 fully saturated rings. The van der Waals surface area contributed by atoms with Crippen LogP contribution in [0.15, 0.2) is 28.8 Å². The average molecular weight is 332 g/mol. The van der Waals surface area contributed by atoms with Gasteiger partial charge in [-0.3, -0.25) is 4.79 Å². The van der Waals surface area contributed by atoms with Crippen LogP contribution >= 0.6 is 0 Å². The lowest BCUT2D eigenvalue weighted by atomic mass is 10.0. The molecule has 1 aromatic carbocycles. The van der Waals surface area contributed by atoms with Gasteiger partial charge in [0.05, 0.1) is 13.2 Å². The molecule has 7 nitrogen and oxygen atoms in total. The van der Waals surface area contributed by atoms with Crippen molar-refractivity contribution in [1.82, 2.24) is 20.4 Å². The molecule has 1 atom stereocenters. The lowest BCUT2D eigenvalue weighted by molar-refractivity contribution is -0.121. The second-order valence-corrected chi connectivity index (χ2v) is 5.76. The second kappa shape index (κ2) is 8.44. The van der Waals surface area contributed by atoms with Crippen LogP contribution in [0.3, 0.4) is 0 Å². The molecular weight excluding hydrogens is 308 g/mol. The van der Waals surface area contributed by atoms with Gasteiger partial charge < -0.3 is 19.5 Å². The quantitative estimate of drug-likeness (QED) is 0.793. The molecular formula is C17H24N4O3. The molecule has 0 aliphatic carbocycles. The number of amides is 1. The number of nitrogens with zero attached hydrogens (tertiary/aromatic N) is 3. The third kappa shape index (κ3) is 4.79. The van der Waals surface area contributed by atoms with Gasteiger partial charge in [-0.1, -0.05) is 23.4 Å². The Kier molecular flexibility index (Phi) is 6.31. The number of hydrogen-bond donors (Lipinski definition) is 1. The number of methoxy groups -OCH3 is 1. The van der Waals surface area contributed by atoms with Gasteiger partial charge in [-0.05, 0) is 27.1 Å². The third-order valence-electron chi connectivity index (χ3n) is 3.75. The summed E-state index contributed by atoms with van der Waals surface area (Å²) in [5, 5.41) is 6.68. The summed E-state index contributed by atoms with van der Waals surface area (Å²) in [5.74, 6) is 1.82. The van der Waals surface area contributed by atoms with E-state index in [2.05, 4.69) is 20.4 Å². The first-order valence-electron chi connectivity index (χ1n) is 7.86. The van der Waals surface area contributed by atoms with Crippen molar-refractivity contribution in [3.8, 4) is 5.75 Å². The van der Waals surface area contributed by atoms with Gasteiger partial charge in [0.2, 0.25) is 11.8 Å². The molecule has 0 saturated carbocycles. The molecule has 0 bridgehead atoms. The molecule has 130 valence electrons. The number of aromatic nitrogens is 2. The molecule has 0 aliphatic heterocycles. The van der Waals surface area contributed by atoms with E-state index in [9.17, 15) is 4.79 Å². The Morgan fingerprint density at radius 2 is 2.12 bits per heavy atom. The summed E-state index contributed by atoms with van der Waals surface area (Å²) < 4.78 is 10.4. The number of rotatable bonds is 8. The van der Waals surface area contributed by atoms with Gasteiger partial charge in [0.1, 0.15) is 5.75 Å². The van der Waals surface area contributed by atoms with Crippen molar-refractivity contribution >= 4 is 5.91 Å². The standard InChI is InChI=1S/C17H24N4O3/c1-12-19-17(24-20-12)10-9-16(22)18-11-14(21(2)3)13-7-5-6-8-15(13)23-4/h5-8,14H,9-11H2,1-4H3,(H,18,22). The van der Waals surface area contributed by atoms with Crippen LogP contribution in [0, 0.1) is 6.92 Å². The maximum atomic E-state index is 12.1. The minimum absolute atomic E-state index is 0.0238. The Morgan fingerprint density at radius 3 is 2.75 bits per heavy atom. The maximum absolute atomic E-state index is 12.1. The predicted molar refractivity (Wildman–Crippen MR) is 89.8 cm³/mol. The fourth-order valence-electron chi connectivity index (χ4n) is 2.47. The van der Waals surface area contributed by atoms with Gasteiger partial charge in [0, 0.05) is 24.9 Å². The van der Waals surface area contributed by atoms with Crippen LogP contribution in [-0.2, 0) is 11.2 Å². The molecule has 0 radical (unpaired) electrons. The van der Waals surface area contributed by atoms with E-state index in [1.165, 1.54) is 0 Å². The number of para-hydroxylation sites is 1. The van der Waals surface area contributed by atoms with Crippen molar-refractivity contribution in [3.05, 3.63) is 41.5 Å². The highest BCUT2D eigenvalue weighted by Gasteiger charge is 2.19. The number of carbonyl (C=O) groups excluding carboxylic acids is 1. The summed E-state index contributed by atoms with van der Waals surface area (Å²) in [6, 6.07) is 7.85. The van der Waals surface area contributed by atoms with E-state index in [-0.39, 0.29) is 11.9 Å². The lowest BCUT2D eigenvalue weighted by Crippen LogP contribution is -2.34. The molecule has 0 aliphatic rings. The van der Waals surface area contributed by atoms with Gasteiger partial charge in [0.25, 0.3) is 0 Å². The SMILES string of the molecule is COc1ccccc1C(CNC(=O)CCc1nc(C)no1)N(C)C. The smallest absolute Gasteiger partial charge is 0.227 e. The second-order valence-electron chi connectivity index (χ2n) is 5.76. The maximum Gasteiger partial charge on any atom is 0.227 e. The molecule has 0 saturated heterocycles. The highest BCUT2D eigenvalue weighted by Crippen LogP contribution is 2.27. The Balaban J connectivity index is 1.92. The summed E-state index contributed by atoms with van der Waals surface area (Å²) in [5.41, 5.74) is 1.04. The zero-order valence-electron chi connectivity index (χ0n) is 14.6. The Bertz CT molecular complexity index is 669. The number of benzene rings is 1. The van der Waals surface area contributed by atoms with Crippen LogP contribution in [0.1, 0.15) is 29.7 Å². The Labute approximate surface area is 142 Å². The van der Waals surface area contributed by atoms with E-state index in [1.54, 1.807) is 14.0 Å². The van der Waals surface area contributed by atoms with Crippen LogP contribution in [0.4, 0.5) is 0 Å². The lowest BCUT2D eigenvalue weighted by Gasteiger charge is -2.26. The molecule has 1 amide bonds. The highest BCUT2D eigenvalue weighted by atomic mass is 16.5. The molecule has 2 rings (SSSR count). The average Bonchev–Trinajstić information content (AvgIpc) is 2.98. The minimum atomic E-state index is -0.0485. The molecule has 1 unspecified atom stereocenters. The molecule has 0 spiro atoms. The van der Waals surface area contributed by atoms with E-state index in [0.717, 1.165) is 11.3 Å². The number of ether oxygens (including phenoxy) is 1. The highest BCUT2D eigenvalue weighted by molar-refractivity contribution is 5.76. The van der Waals surface area contributed by atoms with Gasteiger partial charge in [-0.15, -0.1) is 0 Å². The normalized spacial score (nSPS) is 12.2.